The first kappa shape index (κ1) is 20.7. The zero-order chi connectivity index (χ0) is 19.3. The maximum atomic E-state index is 13.0. The summed E-state index contributed by atoms with van der Waals surface area (Å²) in [5.74, 6) is -1.55. The average molecular weight is 505 g/mol. The summed E-state index contributed by atoms with van der Waals surface area (Å²) < 4.78 is 0.130. The van der Waals surface area contributed by atoms with Gasteiger partial charge in [0, 0.05) is 23.3 Å². The lowest BCUT2D eigenvalue weighted by Crippen LogP contribution is -2.50. The number of carbonyl (C=O) groups excluding carboxylic acids is 3. The summed E-state index contributed by atoms with van der Waals surface area (Å²) in [5.41, 5.74) is 0.644. The number of carbonyl (C=O) groups is 3. The minimum absolute atomic E-state index is 0.121. The summed E-state index contributed by atoms with van der Waals surface area (Å²) in [4.78, 5) is 39.0. The van der Waals surface area contributed by atoms with E-state index in [1.165, 1.54) is 25.2 Å². The molecular formula is C18H15Cl2IN2O3. The van der Waals surface area contributed by atoms with Gasteiger partial charge in [0.05, 0.1) is 9.45 Å². The number of halogens is 3. The molecule has 0 fully saturated rings. The van der Waals surface area contributed by atoms with E-state index in [1.54, 1.807) is 30.3 Å². The van der Waals surface area contributed by atoms with E-state index in [2.05, 4.69) is 5.32 Å². The number of likely N-dealkylation sites (N-methyl/N-ethyl adjacent to an activating group) is 1. The molecule has 0 aliphatic carbocycles. The largest absolute Gasteiger partial charge is 0.326 e. The van der Waals surface area contributed by atoms with Gasteiger partial charge in [-0.05, 0) is 30.3 Å². The average Bonchev–Trinajstić information content (AvgIpc) is 2.61. The minimum Gasteiger partial charge on any atom is -0.326 e. The van der Waals surface area contributed by atoms with Crippen molar-refractivity contribution < 1.29 is 14.4 Å². The number of ketones is 1. The molecule has 0 radical (unpaired) electrons. The number of anilines is 1. The predicted octanol–water partition coefficient (Wildman–Crippen LogP) is 4.08. The molecule has 1 atom stereocenters. The number of benzene rings is 2. The van der Waals surface area contributed by atoms with Crippen molar-refractivity contribution in [1.29, 1.82) is 0 Å². The molecule has 0 spiro atoms. The fourth-order valence-electron chi connectivity index (χ4n) is 2.28. The Kier molecular flexibility index (Phi) is 7.43. The van der Waals surface area contributed by atoms with Crippen LogP contribution < -0.4 is 5.32 Å². The van der Waals surface area contributed by atoms with Gasteiger partial charge in [0.2, 0.25) is 5.91 Å². The Morgan fingerprint density at radius 1 is 1.12 bits per heavy atom. The van der Waals surface area contributed by atoms with Crippen molar-refractivity contribution in [2.45, 2.75) is 6.04 Å². The highest BCUT2D eigenvalue weighted by Crippen LogP contribution is 2.24. The Morgan fingerprint density at radius 2 is 1.77 bits per heavy atom. The van der Waals surface area contributed by atoms with Crippen LogP contribution in [0.25, 0.3) is 0 Å². The molecule has 0 saturated heterocycles. The van der Waals surface area contributed by atoms with E-state index in [1.807, 2.05) is 22.6 Å². The maximum Gasteiger partial charge on any atom is 0.255 e. The van der Waals surface area contributed by atoms with Gasteiger partial charge in [0.1, 0.15) is 0 Å². The molecule has 0 saturated carbocycles. The van der Waals surface area contributed by atoms with Crippen LogP contribution in [-0.4, -0.2) is 40.0 Å². The molecule has 0 aromatic heterocycles. The quantitative estimate of drug-likeness (QED) is 0.279. The van der Waals surface area contributed by atoms with E-state index in [9.17, 15) is 14.4 Å². The van der Waals surface area contributed by atoms with Crippen LogP contribution in [0.3, 0.4) is 0 Å². The first-order chi connectivity index (χ1) is 12.3. The second kappa shape index (κ2) is 9.34. The van der Waals surface area contributed by atoms with Gasteiger partial charge in [-0.3, -0.25) is 14.4 Å². The molecule has 136 valence electrons. The van der Waals surface area contributed by atoms with Gasteiger partial charge >= 0.3 is 0 Å². The van der Waals surface area contributed by atoms with Crippen molar-refractivity contribution >= 4 is 69.1 Å². The van der Waals surface area contributed by atoms with Gasteiger partial charge < -0.3 is 10.2 Å². The second-order valence-electron chi connectivity index (χ2n) is 5.38. The van der Waals surface area contributed by atoms with Gasteiger partial charge in [-0.25, -0.2) is 0 Å². The highest BCUT2D eigenvalue weighted by Gasteiger charge is 2.35. The third-order valence-corrected chi connectivity index (χ3v) is 4.83. The van der Waals surface area contributed by atoms with Gasteiger partial charge in [-0.2, -0.15) is 0 Å². The summed E-state index contributed by atoms with van der Waals surface area (Å²) >= 11 is 13.9. The van der Waals surface area contributed by atoms with Crippen LogP contribution in [-0.2, 0) is 9.59 Å². The monoisotopic (exact) mass is 504 g/mol. The lowest BCUT2D eigenvalue weighted by molar-refractivity contribution is -0.133. The summed E-state index contributed by atoms with van der Waals surface area (Å²) in [7, 11) is 1.41. The molecule has 2 aromatic rings. The number of rotatable bonds is 6. The second-order valence-corrected chi connectivity index (χ2v) is 6.99. The molecule has 2 aromatic carbocycles. The van der Waals surface area contributed by atoms with Crippen LogP contribution in [0.5, 0.6) is 0 Å². The van der Waals surface area contributed by atoms with E-state index >= 15 is 0 Å². The van der Waals surface area contributed by atoms with Crippen molar-refractivity contribution in [3.05, 3.63) is 64.1 Å². The van der Waals surface area contributed by atoms with E-state index in [0.29, 0.717) is 10.7 Å². The van der Waals surface area contributed by atoms with Gasteiger partial charge in [0.15, 0.2) is 11.8 Å². The Labute approximate surface area is 174 Å². The molecule has 2 amide bonds. The lowest BCUT2D eigenvalue weighted by Gasteiger charge is -2.26. The summed E-state index contributed by atoms with van der Waals surface area (Å²) in [6.07, 6.45) is 0. The van der Waals surface area contributed by atoms with Crippen LogP contribution in [0.15, 0.2) is 48.5 Å². The van der Waals surface area contributed by atoms with Gasteiger partial charge in [-0.15, -0.1) is 0 Å². The van der Waals surface area contributed by atoms with Crippen LogP contribution in [0, 0.1) is 0 Å². The number of amides is 2. The van der Waals surface area contributed by atoms with Crippen LogP contribution >= 0.6 is 45.8 Å². The number of nitrogens with zero attached hydrogens (tertiary/aromatic N) is 1. The highest BCUT2D eigenvalue weighted by atomic mass is 127. The molecule has 0 bridgehead atoms. The standard InChI is InChI=1S/C18H15Cl2IN2O3/c1-23(15(24)10-21)16(18(26)22-12-5-3-2-4-6-12)17(25)13-8-7-11(19)9-14(13)20/h2-9,16H,10H2,1H3,(H,22,26)/t16-/m0/s1. The van der Waals surface area contributed by atoms with E-state index in [-0.39, 0.29) is 20.9 Å². The normalized spacial score (nSPS) is 11.5. The fraction of sp³-hybridized carbons (Fsp3) is 0.167. The topological polar surface area (TPSA) is 66.5 Å². The smallest absolute Gasteiger partial charge is 0.255 e. The highest BCUT2D eigenvalue weighted by molar-refractivity contribution is 14.1. The number of alkyl halides is 1. The number of Topliss-reactive ketones (excluding diaryl/α,β-unsaturated/α-hetero) is 1. The van der Waals surface area contributed by atoms with Crippen LogP contribution in [0.2, 0.25) is 10.0 Å². The Balaban J connectivity index is 2.38. The summed E-state index contributed by atoms with van der Waals surface area (Å²) in [6.45, 7) is 0. The molecule has 5 nitrogen and oxygen atoms in total. The molecule has 0 aliphatic rings. The van der Waals surface area contributed by atoms with Gasteiger partial charge in [-0.1, -0.05) is 64.0 Å². The molecule has 2 rings (SSSR count). The Hall–Kier alpha value is -1.64. The number of para-hydroxylation sites is 1. The van der Waals surface area contributed by atoms with Crippen molar-refractivity contribution in [1.82, 2.24) is 4.90 Å². The van der Waals surface area contributed by atoms with E-state index in [0.717, 1.165) is 4.90 Å². The number of hydrogen-bond acceptors (Lipinski definition) is 3. The maximum absolute atomic E-state index is 13.0. The lowest BCUT2D eigenvalue weighted by atomic mass is 10.0. The Morgan fingerprint density at radius 3 is 2.35 bits per heavy atom. The molecule has 0 heterocycles. The van der Waals surface area contributed by atoms with Crippen molar-refractivity contribution in [2.24, 2.45) is 0 Å². The first-order valence-corrected chi connectivity index (χ1v) is 9.80. The van der Waals surface area contributed by atoms with Crippen LogP contribution in [0.1, 0.15) is 10.4 Å². The Bertz CT molecular complexity index is 830. The SMILES string of the molecule is CN(C(=O)CI)[C@H](C(=O)Nc1ccccc1)C(=O)c1ccc(Cl)cc1Cl. The first-order valence-electron chi connectivity index (χ1n) is 7.52. The van der Waals surface area contributed by atoms with Crippen molar-refractivity contribution in [2.75, 3.05) is 16.8 Å². The van der Waals surface area contributed by atoms with Crippen molar-refractivity contribution in [3.8, 4) is 0 Å². The van der Waals surface area contributed by atoms with Crippen LogP contribution in [0.4, 0.5) is 5.69 Å². The molecule has 1 N–H and O–H groups in total. The van der Waals surface area contributed by atoms with Gasteiger partial charge in [0.25, 0.3) is 5.91 Å². The molecule has 26 heavy (non-hydrogen) atoms. The fourth-order valence-corrected chi connectivity index (χ4v) is 3.32. The minimum atomic E-state index is -1.35. The van der Waals surface area contributed by atoms with E-state index < -0.39 is 17.7 Å². The molecule has 0 aliphatic heterocycles. The van der Waals surface area contributed by atoms with E-state index in [4.69, 9.17) is 23.2 Å². The third-order valence-electron chi connectivity index (χ3n) is 3.63. The molecular weight excluding hydrogens is 490 g/mol. The van der Waals surface area contributed by atoms with Crippen molar-refractivity contribution in [3.63, 3.8) is 0 Å². The summed E-state index contributed by atoms with van der Waals surface area (Å²) in [6, 6.07) is 11.7. The number of hydrogen-bond donors (Lipinski definition) is 1. The molecule has 0 unspecified atom stereocenters. The zero-order valence-electron chi connectivity index (χ0n) is 13.7. The zero-order valence-corrected chi connectivity index (χ0v) is 17.4. The predicted molar refractivity (Wildman–Crippen MR) is 111 cm³/mol. The molecule has 8 heteroatoms. The summed E-state index contributed by atoms with van der Waals surface area (Å²) in [5, 5.41) is 3.15. The third kappa shape index (κ3) is 4.96. The number of nitrogens with one attached hydrogen (secondary N) is 1.